The summed E-state index contributed by atoms with van der Waals surface area (Å²) in [5, 5.41) is 4.33. The first-order valence-corrected chi connectivity index (χ1v) is 10.9. The fourth-order valence-electron chi connectivity index (χ4n) is 4.54. The molecule has 2 fully saturated rings. The molecule has 4 heterocycles. The highest BCUT2D eigenvalue weighted by Crippen LogP contribution is 2.22. The summed E-state index contributed by atoms with van der Waals surface area (Å²) in [6.07, 6.45) is 3.84. The summed E-state index contributed by atoms with van der Waals surface area (Å²) in [4.78, 5) is 32.0. The third kappa shape index (κ3) is 5.34. The van der Waals surface area contributed by atoms with Gasteiger partial charge in [-0.05, 0) is 25.1 Å². The lowest BCUT2D eigenvalue weighted by molar-refractivity contribution is -0.149. The average Bonchev–Trinajstić information content (AvgIpc) is 3.35. The summed E-state index contributed by atoms with van der Waals surface area (Å²) < 4.78 is 12.6. The minimum Gasteiger partial charge on any atom is -0.468 e. The van der Waals surface area contributed by atoms with Crippen LogP contribution in [-0.4, -0.2) is 88.3 Å². The molecule has 9 nitrogen and oxygen atoms in total. The van der Waals surface area contributed by atoms with Crippen molar-refractivity contribution in [2.45, 2.75) is 25.9 Å². The molecule has 2 aromatic heterocycles. The lowest BCUT2D eigenvalue weighted by Crippen LogP contribution is -2.57. The van der Waals surface area contributed by atoms with Crippen molar-refractivity contribution in [1.82, 2.24) is 24.5 Å². The number of carbonyl (C=O) groups excluding carboxylic acids is 2. The summed E-state index contributed by atoms with van der Waals surface area (Å²) in [5.41, 5.74) is 0.789. The van der Waals surface area contributed by atoms with Crippen molar-refractivity contribution in [3.63, 3.8) is 0 Å². The molecule has 0 N–H and O–H groups in total. The molecular weight excluding hydrogens is 398 g/mol. The second-order valence-corrected chi connectivity index (χ2v) is 8.37. The van der Waals surface area contributed by atoms with E-state index < -0.39 is 0 Å². The lowest BCUT2D eigenvalue weighted by atomic mass is 10.1. The molecule has 0 radical (unpaired) electrons. The predicted octanol–water partition coefficient (Wildman–Crippen LogP) is 0.764. The molecule has 4 rings (SSSR count). The number of fused-ring (bicyclic) bond motifs is 1. The number of aryl methyl sites for hydroxylation is 1. The summed E-state index contributed by atoms with van der Waals surface area (Å²) in [7, 11) is 1.85. The molecule has 0 aromatic carbocycles. The highest BCUT2D eigenvalue weighted by molar-refractivity contribution is 5.78. The van der Waals surface area contributed by atoms with E-state index in [1.165, 1.54) is 0 Å². The van der Waals surface area contributed by atoms with E-state index in [0.29, 0.717) is 45.8 Å². The zero-order chi connectivity index (χ0) is 21.8. The zero-order valence-corrected chi connectivity index (χ0v) is 18.3. The van der Waals surface area contributed by atoms with Crippen LogP contribution in [0.3, 0.4) is 0 Å². The first-order valence-electron chi connectivity index (χ1n) is 10.9. The van der Waals surface area contributed by atoms with Gasteiger partial charge in [-0.2, -0.15) is 5.10 Å². The van der Waals surface area contributed by atoms with E-state index in [-0.39, 0.29) is 23.8 Å². The maximum atomic E-state index is 12.9. The Morgan fingerprint density at radius 1 is 1.19 bits per heavy atom. The third-order valence-corrected chi connectivity index (χ3v) is 6.04. The summed E-state index contributed by atoms with van der Waals surface area (Å²) in [6, 6.07) is 5.87. The maximum Gasteiger partial charge on any atom is 0.311 e. The number of hydrogen-bond donors (Lipinski definition) is 0. The highest BCUT2D eigenvalue weighted by Gasteiger charge is 2.38. The molecule has 31 heavy (non-hydrogen) atoms. The molecule has 0 saturated carbocycles. The lowest BCUT2D eigenvalue weighted by Gasteiger charge is -2.41. The van der Waals surface area contributed by atoms with Gasteiger partial charge in [0, 0.05) is 58.6 Å². The summed E-state index contributed by atoms with van der Waals surface area (Å²) in [6.45, 7) is 6.96. The van der Waals surface area contributed by atoms with Crippen LogP contribution in [0.1, 0.15) is 18.4 Å². The van der Waals surface area contributed by atoms with Gasteiger partial charge < -0.3 is 14.1 Å². The fraction of sp³-hybridized carbons (Fsp3) is 0.591. The smallest absolute Gasteiger partial charge is 0.311 e. The number of ether oxygens (including phenoxy) is 1. The summed E-state index contributed by atoms with van der Waals surface area (Å²) in [5.74, 6) is 0.606. The van der Waals surface area contributed by atoms with Crippen molar-refractivity contribution < 1.29 is 18.7 Å². The molecule has 2 aromatic rings. The monoisotopic (exact) mass is 429 g/mol. The number of aromatic nitrogens is 2. The molecule has 1 amide bonds. The Bertz CT molecular complexity index is 880. The fourth-order valence-corrected chi connectivity index (χ4v) is 4.54. The van der Waals surface area contributed by atoms with E-state index in [0.717, 1.165) is 24.5 Å². The Hall–Kier alpha value is -2.65. The molecule has 2 aliphatic rings. The average molecular weight is 430 g/mol. The zero-order valence-electron chi connectivity index (χ0n) is 18.3. The Morgan fingerprint density at radius 3 is 2.77 bits per heavy atom. The Balaban J connectivity index is 1.45. The van der Waals surface area contributed by atoms with E-state index >= 15 is 0 Å². The molecular formula is C22H31N5O4. The molecule has 0 bridgehead atoms. The van der Waals surface area contributed by atoms with Gasteiger partial charge in [0.05, 0.1) is 37.4 Å². The normalized spacial score (nSPS) is 22.7. The topological polar surface area (TPSA) is 84.0 Å². The number of nitrogens with zero attached hydrogens (tertiary/aromatic N) is 5. The van der Waals surface area contributed by atoms with Gasteiger partial charge in [-0.1, -0.05) is 0 Å². The Labute approximate surface area is 182 Å². The van der Waals surface area contributed by atoms with Gasteiger partial charge in [0.25, 0.3) is 0 Å². The number of amides is 1. The minimum absolute atomic E-state index is 0.0992. The Morgan fingerprint density at radius 2 is 2.06 bits per heavy atom. The van der Waals surface area contributed by atoms with Crippen LogP contribution in [0.2, 0.25) is 0 Å². The Kier molecular flexibility index (Phi) is 6.72. The quantitative estimate of drug-likeness (QED) is 0.627. The van der Waals surface area contributed by atoms with E-state index in [9.17, 15) is 9.59 Å². The van der Waals surface area contributed by atoms with Crippen molar-refractivity contribution in [2.75, 3.05) is 45.9 Å². The van der Waals surface area contributed by atoms with Crippen molar-refractivity contribution in [3.05, 3.63) is 42.1 Å². The van der Waals surface area contributed by atoms with Crippen molar-refractivity contribution in [1.29, 1.82) is 0 Å². The van der Waals surface area contributed by atoms with Gasteiger partial charge in [-0.3, -0.25) is 24.1 Å². The molecule has 2 saturated heterocycles. The standard InChI is InChI=1S/C22H31N5O4/c1-3-30-22(29)17-12-25(16-20-5-4-10-31-20)14-19-15-27(9-8-26(19)13-17)21(28)11-18-6-7-24(2)23-18/h4-7,10,17,19H,3,8-9,11-16H2,1-2H3/t17-,19-/m0/s1. The third-order valence-electron chi connectivity index (χ3n) is 6.04. The first-order chi connectivity index (χ1) is 15.0. The van der Waals surface area contributed by atoms with Gasteiger partial charge in [-0.15, -0.1) is 0 Å². The van der Waals surface area contributed by atoms with E-state index in [4.69, 9.17) is 9.15 Å². The SMILES string of the molecule is CCOC(=O)[C@H]1CN(Cc2ccco2)C[C@H]2CN(C(=O)Cc3ccn(C)n3)CCN2C1. The molecule has 0 aliphatic carbocycles. The first kappa shape index (κ1) is 21.6. The van der Waals surface area contributed by atoms with Crippen molar-refractivity contribution >= 4 is 11.9 Å². The molecule has 0 unspecified atom stereocenters. The second kappa shape index (κ2) is 9.65. The van der Waals surface area contributed by atoms with E-state index in [1.54, 1.807) is 10.9 Å². The van der Waals surface area contributed by atoms with Gasteiger partial charge in [0.2, 0.25) is 5.91 Å². The van der Waals surface area contributed by atoms with Gasteiger partial charge in [0.1, 0.15) is 5.76 Å². The van der Waals surface area contributed by atoms with Crippen molar-refractivity contribution in [2.24, 2.45) is 13.0 Å². The van der Waals surface area contributed by atoms with Crippen LogP contribution in [0.15, 0.2) is 35.1 Å². The van der Waals surface area contributed by atoms with Crippen LogP contribution >= 0.6 is 0 Å². The van der Waals surface area contributed by atoms with E-state index in [1.807, 2.05) is 43.3 Å². The second-order valence-electron chi connectivity index (χ2n) is 8.37. The van der Waals surface area contributed by atoms with Crippen LogP contribution in [0.5, 0.6) is 0 Å². The van der Waals surface area contributed by atoms with Crippen molar-refractivity contribution in [3.8, 4) is 0 Å². The number of piperazine rings is 1. The molecule has 9 heteroatoms. The number of carbonyl (C=O) groups is 2. The number of esters is 1. The van der Waals surface area contributed by atoms with Gasteiger partial charge in [0.15, 0.2) is 0 Å². The number of rotatable bonds is 6. The number of hydrogen-bond acceptors (Lipinski definition) is 7. The van der Waals surface area contributed by atoms with Crippen LogP contribution in [0.4, 0.5) is 0 Å². The summed E-state index contributed by atoms with van der Waals surface area (Å²) >= 11 is 0. The van der Waals surface area contributed by atoms with Crippen LogP contribution in [0.25, 0.3) is 0 Å². The molecule has 2 atom stereocenters. The maximum absolute atomic E-state index is 12.9. The molecule has 2 aliphatic heterocycles. The number of furan rings is 1. The van der Waals surface area contributed by atoms with Gasteiger partial charge >= 0.3 is 5.97 Å². The predicted molar refractivity (Wildman–Crippen MR) is 113 cm³/mol. The van der Waals surface area contributed by atoms with Crippen LogP contribution < -0.4 is 0 Å². The largest absolute Gasteiger partial charge is 0.468 e. The van der Waals surface area contributed by atoms with Crippen LogP contribution in [-0.2, 0) is 34.3 Å². The molecule has 168 valence electrons. The highest BCUT2D eigenvalue weighted by atomic mass is 16.5. The van der Waals surface area contributed by atoms with Gasteiger partial charge in [-0.25, -0.2) is 0 Å². The van der Waals surface area contributed by atoms with E-state index in [2.05, 4.69) is 14.9 Å². The molecule has 0 spiro atoms. The minimum atomic E-state index is -0.212. The van der Waals surface area contributed by atoms with Crippen LogP contribution in [0, 0.1) is 5.92 Å².